The summed E-state index contributed by atoms with van der Waals surface area (Å²) in [5.41, 5.74) is 11.2. The number of amides is 2. The summed E-state index contributed by atoms with van der Waals surface area (Å²) >= 11 is 0. The SMILES string of the molecule is N=C(N)c1cccc(NC(N)=O)c1. The second-order valence-electron chi connectivity index (χ2n) is 2.48. The molecular formula is C8H10N4O. The van der Waals surface area contributed by atoms with Crippen LogP contribution in [0.3, 0.4) is 0 Å². The number of urea groups is 1. The molecular weight excluding hydrogens is 168 g/mol. The first-order chi connectivity index (χ1) is 6.09. The Balaban J connectivity index is 2.91. The Morgan fingerprint density at radius 3 is 2.62 bits per heavy atom. The van der Waals surface area contributed by atoms with Gasteiger partial charge in [-0.05, 0) is 12.1 Å². The molecule has 1 aromatic carbocycles. The van der Waals surface area contributed by atoms with Crippen LogP contribution in [0, 0.1) is 5.41 Å². The van der Waals surface area contributed by atoms with Crippen LogP contribution in [0.4, 0.5) is 10.5 Å². The number of hydrogen-bond donors (Lipinski definition) is 4. The Morgan fingerprint density at radius 2 is 2.08 bits per heavy atom. The number of amidine groups is 1. The van der Waals surface area contributed by atoms with Crippen molar-refractivity contribution in [1.29, 1.82) is 5.41 Å². The van der Waals surface area contributed by atoms with E-state index in [0.717, 1.165) is 0 Å². The molecule has 0 heterocycles. The highest BCUT2D eigenvalue weighted by Gasteiger charge is 1.99. The Hall–Kier alpha value is -2.04. The van der Waals surface area contributed by atoms with Gasteiger partial charge in [0.1, 0.15) is 5.84 Å². The van der Waals surface area contributed by atoms with Crippen LogP contribution in [0.5, 0.6) is 0 Å². The predicted molar refractivity (Wildman–Crippen MR) is 50.7 cm³/mol. The number of anilines is 1. The summed E-state index contributed by atoms with van der Waals surface area (Å²) in [4.78, 5) is 10.5. The zero-order chi connectivity index (χ0) is 9.84. The molecule has 13 heavy (non-hydrogen) atoms. The van der Waals surface area contributed by atoms with Gasteiger partial charge in [0.25, 0.3) is 0 Å². The van der Waals surface area contributed by atoms with Crippen molar-refractivity contribution in [2.24, 2.45) is 11.5 Å². The molecule has 0 saturated heterocycles. The van der Waals surface area contributed by atoms with Crippen molar-refractivity contribution in [1.82, 2.24) is 0 Å². The molecule has 0 aromatic heterocycles. The van der Waals surface area contributed by atoms with E-state index in [4.69, 9.17) is 16.9 Å². The summed E-state index contributed by atoms with van der Waals surface area (Å²) in [5.74, 6) is -0.0480. The molecule has 6 N–H and O–H groups in total. The lowest BCUT2D eigenvalue weighted by atomic mass is 10.2. The number of nitrogens with one attached hydrogen (secondary N) is 2. The van der Waals surface area contributed by atoms with Crippen molar-refractivity contribution < 1.29 is 4.79 Å². The summed E-state index contributed by atoms with van der Waals surface area (Å²) in [7, 11) is 0. The van der Waals surface area contributed by atoms with Gasteiger partial charge in [-0.15, -0.1) is 0 Å². The number of nitrogens with two attached hydrogens (primary N) is 2. The molecule has 0 atom stereocenters. The number of benzene rings is 1. The minimum atomic E-state index is -0.638. The van der Waals surface area contributed by atoms with Crippen LogP contribution in [-0.4, -0.2) is 11.9 Å². The van der Waals surface area contributed by atoms with Crippen LogP contribution in [-0.2, 0) is 0 Å². The minimum absolute atomic E-state index is 0.0480. The number of primary amides is 1. The van der Waals surface area contributed by atoms with Crippen LogP contribution in [0.1, 0.15) is 5.56 Å². The first-order valence-corrected chi connectivity index (χ1v) is 3.60. The molecule has 1 aromatic rings. The van der Waals surface area contributed by atoms with Gasteiger partial charge in [-0.1, -0.05) is 12.1 Å². The summed E-state index contributed by atoms with van der Waals surface area (Å²) in [6.07, 6.45) is 0. The van der Waals surface area contributed by atoms with E-state index in [1.54, 1.807) is 24.3 Å². The normalized spacial score (nSPS) is 9.23. The zero-order valence-electron chi connectivity index (χ0n) is 6.87. The highest BCUT2D eigenvalue weighted by molar-refractivity contribution is 5.97. The van der Waals surface area contributed by atoms with Crippen LogP contribution < -0.4 is 16.8 Å². The van der Waals surface area contributed by atoms with E-state index in [2.05, 4.69) is 5.32 Å². The largest absolute Gasteiger partial charge is 0.384 e. The highest BCUT2D eigenvalue weighted by Crippen LogP contribution is 2.09. The van der Waals surface area contributed by atoms with Crippen molar-refractivity contribution in [2.75, 3.05) is 5.32 Å². The van der Waals surface area contributed by atoms with Gasteiger partial charge in [0.05, 0.1) is 0 Å². The van der Waals surface area contributed by atoms with Crippen molar-refractivity contribution >= 4 is 17.6 Å². The Kier molecular flexibility index (Phi) is 2.49. The molecule has 1 rings (SSSR count). The molecule has 0 aliphatic carbocycles. The van der Waals surface area contributed by atoms with Gasteiger partial charge < -0.3 is 16.8 Å². The van der Waals surface area contributed by atoms with E-state index >= 15 is 0 Å². The van der Waals surface area contributed by atoms with E-state index in [1.807, 2.05) is 0 Å². The molecule has 0 radical (unpaired) electrons. The average molecular weight is 178 g/mol. The maximum atomic E-state index is 10.5. The molecule has 0 spiro atoms. The number of rotatable bonds is 2. The molecule has 68 valence electrons. The zero-order valence-corrected chi connectivity index (χ0v) is 6.87. The molecule has 2 amide bonds. The molecule has 0 aliphatic rings. The maximum Gasteiger partial charge on any atom is 0.316 e. The maximum absolute atomic E-state index is 10.5. The van der Waals surface area contributed by atoms with Crippen LogP contribution in [0.25, 0.3) is 0 Å². The van der Waals surface area contributed by atoms with Gasteiger partial charge in [-0.3, -0.25) is 5.41 Å². The number of carbonyl (C=O) groups excluding carboxylic acids is 1. The molecule has 0 saturated carbocycles. The van der Waals surface area contributed by atoms with Crippen LogP contribution >= 0.6 is 0 Å². The average Bonchev–Trinajstić information content (AvgIpc) is 2.03. The quantitative estimate of drug-likeness (QED) is 0.390. The topological polar surface area (TPSA) is 105 Å². The van der Waals surface area contributed by atoms with E-state index in [1.165, 1.54) is 0 Å². The van der Waals surface area contributed by atoms with Gasteiger partial charge >= 0.3 is 6.03 Å². The van der Waals surface area contributed by atoms with E-state index in [9.17, 15) is 4.79 Å². The van der Waals surface area contributed by atoms with Gasteiger partial charge in [0.15, 0.2) is 0 Å². The number of carbonyl (C=O) groups is 1. The van der Waals surface area contributed by atoms with Gasteiger partial charge in [-0.2, -0.15) is 0 Å². The lowest BCUT2D eigenvalue weighted by Gasteiger charge is -2.03. The summed E-state index contributed by atoms with van der Waals surface area (Å²) in [6.45, 7) is 0. The smallest absolute Gasteiger partial charge is 0.316 e. The summed E-state index contributed by atoms with van der Waals surface area (Å²) < 4.78 is 0. The molecule has 0 aliphatic heterocycles. The highest BCUT2D eigenvalue weighted by atomic mass is 16.2. The number of hydrogen-bond acceptors (Lipinski definition) is 2. The van der Waals surface area contributed by atoms with E-state index in [-0.39, 0.29) is 5.84 Å². The second-order valence-corrected chi connectivity index (χ2v) is 2.48. The van der Waals surface area contributed by atoms with Crippen LogP contribution in [0.2, 0.25) is 0 Å². The lowest BCUT2D eigenvalue weighted by molar-refractivity contribution is 0.259. The van der Waals surface area contributed by atoms with E-state index in [0.29, 0.717) is 11.3 Å². The van der Waals surface area contributed by atoms with E-state index < -0.39 is 6.03 Å². The Morgan fingerprint density at radius 1 is 1.38 bits per heavy atom. The predicted octanol–water partition coefficient (Wildman–Crippen LogP) is 0.461. The molecule has 5 heteroatoms. The van der Waals surface area contributed by atoms with Crippen molar-refractivity contribution in [3.05, 3.63) is 29.8 Å². The molecule has 5 nitrogen and oxygen atoms in total. The van der Waals surface area contributed by atoms with Crippen LogP contribution in [0.15, 0.2) is 24.3 Å². The summed E-state index contributed by atoms with van der Waals surface area (Å²) in [6, 6.07) is 5.96. The second kappa shape index (κ2) is 3.57. The number of nitrogen functional groups attached to an aromatic ring is 1. The van der Waals surface area contributed by atoms with Gasteiger partial charge in [0, 0.05) is 11.3 Å². The fourth-order valence-electron chi connectivity index (χ4n) is 0.907. The van der Waals surface area contributed by atoms with Crippen molar-refractivity contribution in [3.8, 4) is 0 Å². The first kappa shape index (κ1) is 9.05. The third-order valence-corrected chi connectivity index (χ3v) is 1.44. The Bertz CT molecular complexity index is 348. The molecule has 0 unspecified atom stereocenters. The molecule has 0 bridgehead atoms. The summed E-state index contributed by atoms with van der Waals surface area (Å²) in [5, 5.41) is 9.53. The molecule has 0 fully saturated rings. The van der Waals surface area contributed by atoms with Crippen molar-refractivity contribution in [2.45, 2.75) is 0 Å². The lowest BCUT2D eigenvalue weighted by Crippen LogP contribution is -2.19. The minimum Gasteiger partial charge on any atom is -0.384 e. The third-order valence-electron chi connectivity index (χ3n) is 1.44. The van der Waals surface area contributed by atoms with Gasteiger partial charge in [-0.25, -0.2) is 4.79 Å². The fourth-order valence-corrected chi connectivity index (χ4v) is 0.907. The monoisotopic (exact) mass is 178 g/mol. The standard InChI is InChI=1S/C8H10N4O/c9-7(10)5-2-1-3-6(4-5)12-8(11)13/h1-4H,(H3,9,10)(H3,11,12,13). The van der Waals surface area contributed by atoms with Crippen molar-refractivity contribution in [3.63, 3.8) is 0 Å². The Labute approximate surface area is 75.2 Å². The third kappa shape index (κ3) is 2.48. The van der Waals surface area contributed by atoms with Gasteiger partial charge in [0.2, 0.25) is 0 Å². The fraction of sp³-hybridized carbons (Fsp3) is 0. The first-order valence-electron chi connectivity index (χ1n) is 3.60.